The summed E-state index contributed by atoms with van der Waals surface area (Å²) in [5, 5.41) is 9.16. The minimum atomic E-state index is -3.61. The molecule has 0 aliphatic carbocycles. The molecule has 1 atom stereocenters. The number of carbonyl (C=O) groups is 1. The molecule has 1 saturated heterocycles. The maximum Gasteiger partial charge on any atom is 0.322 e. The minimum Gasteiger partial charge on any atom is -0.480 e. The molecule has 110 valence electrons. The van der Waals surface area contributed by atoms with Crippen LogP contribution in [0.3, 0.4) is 0 Å². The Labute approximate surface area is 126 Å². The Morgan fingerprint density at radius 2 is 1.95 bits per heavy atom. The number of piperidine rings is 1. The van der Waals surface area contributed by atoms with Crippen molar-refractivity contribution in [2.45, 2.75) is 31.1 Å². The van der Waals surface area contributed by atoms with Gasteiger partial charge in [0.15, 0.2) is 0 Å². The van der Waals surface area contributed by atoms with E-state index in [1.54, 1.807) is 24.3 Å². The van der Waals surface area contributed by atoms with E-state index in [-0.39, 0.29) is 12.3 Å². The lowest BCUT2D eigenvalue weighted by molar-refractivity contribution is -0.142. The lowest BCUT2D eigenvalue weighted by Gasteiger charge is -2.31. The van der Waals surface area contributed by atoms with Crippen LogP contribution in [0.4, 0.5) is 0 Å². The molecule has 1 heterocycles. The second-order valence-electron chi connectivity index (χ2n) is 4.84. The molecule has 1 aromatic rings. The number of halogens is 1. The van der Waals surface area contributed by atoms with E-state index in [1.165, 1.54) is 0 Å². The lowest BCUT2D eigenvalue weighted by Crippen LogP contribution is -2.48. The minimum absolute atomic E-state index is 0.163. The van der Waals surface area contributed by atoms with Gasteiger partial charge in [0.25, 0.3) is 0 Å². The Morgan fingerprint density at radius 1 is 1.30 bits per heavy atom. The van der Waals surface area contributed by atoms with Gasteiger partial charge >= 0.3 is 5.97 Å². The Bertz CT molecular complexity index is 585. The van der Waals surface area contributed by atoms with Crippen LogP contribution in [0.25, 0.3) is 0 Å². The Morgan fingerprint density at radius 3 is 2.55 bits per heavy atom. The Hall–Kier alpha value is -0.920. The normalized spacial score (nSPS) is 20.8. The molecular formula is C13H16BrNO4S. The van der Waals surface area contributed by atoms with E-state index in [1.807, 2.05) is 0 Å². The number of carboxylic acids is 1. The van der Waals surface area contributed by atoms with E-state index in [0.29, 0.717) is 18.4 Å². The van der Waals surface area contributed by atoms with Crippen LogP contribution < -0.4 is 0 Å². The van der Waals surface area contributed by atoms with Crippen molar-refractivity contribution in [1.82, 2.24) is 4.31 Å². The SMILES string of the molecule is O=C(O)C1CCCCN1S(=O)(=O)Cc1ccc(Br)cc1. The first-order valence-electron chi connectivity index (χ1n) is 6.37. The van der Waals surface area contributed by atoms with E-state index in [2.05, 4.69) is 15.9 Å². The fourth-order valence-electron chi connectivity index (χ4n) is 2.36. The van der Waals surface area contributed by atoms with Gasteiger partial charge in [-0.3, -0.25) is 4.79 Å². The van der Waals surface area contributed by atoms with Crippen molar-refractivity contribution in [1.29, 1.82) is 0 Å². The number of aliphatic carboxylic acids is 1. The van der Waals surface area contributed by atoms with Gasteiger partial charge in [-0.25, -0.2) is 8.42 Å². The van der Waals surface area contributed by atoms with Crippen LogP contribution >= 0.6 is 15.9 Å². The van der Waals surface area contributed by atoms with E-state index < -0.39 is 22.0 Å². The standard InChI is InChI=1S/C13H16BrNO4S/c14-11-6-4-10(5-7-11)9-20(18,19)15-8-2-1-3-12(15)13(16)17/h4-7,12H,1-3,8-9H2,(H,16,17). The van der Waals surface area contributed by atoms with Crippen LogP contribution in [0.15, 0.2) is 28.7 Å². The first kappa shape index (κ1) is 15.5. The highest BCUT2D eigenvalue weighted by atomic mass is 79.9. The van der Waals surface area contributed by atoms with E-state index >= 15 is 0 Å². The number of hydrogen-bond acceptors (Lipinski definition) is 3. The van der Waals surface area contributed by atoms with Crippen molar-refractivity contribution in [3.63, 3.8) is 0 Å². The molecule has 2 rings (SSSR count). The molecule has 1 fully saturated rings. The number of nitrogens with zero attached hydrogens (tertiary/aromatic N) is 1. The van der Waals surface area contributed by atoms with Gasteiger partial charge < -0.3 is 5.11 Å². The summed E-state index contributed by atoms with van der Waals surface area (Å²) in [6.07, 6.45) is 1.85. The fourth-order valence-corrected chi connectivity index (χ4v) is 4.39. The molecule has 1 N–H and O–H groups in total. The van der Waals surface area contributed by atoms with Gasteiger partial charge in [-0.1, -0.05) is 28.1 Å². The van der Waals surface area contributed by atoms with Crippen LogP contribution in [0.2, 0.25) is 0 Å². The van der Waals surface area contributed by atoms with Crippen LogP contribution in [-0.2, 0) is 20.6 Å². The zero-order valence-corrected chi connectivity index (χ0v) is 13.2. The van der Waals surface area contributed by atoms with Crippen LogP contribution in [0.1, 0.15) is 24.8 Å². The highest BCUT2D eigenvalue weighted by molar-refractivity contribution is 9.10. The van der Waals surface area contributed by atoms with Crippen molar-refractivity contribution in [2.24, 2.45) is 0 Å². The third-order valence-electron chi connectivity index (χ3n) is 3.36. The number of sulfonamides is 1. The monoisotopic (exact) mass is 361 g/mol. The maximum absolute atomic E-state index is 12.4. The summed E-state index contributed by atoms with van der Waals surface area (Å²) in [7, 11) is -3.61. The average molecular weight is 362 g/mol. The Balaban J connectivity index is 2.20. The largest absolute Gasteiger partial charge is 0.480 e. The van der Waals surface area contributed by atoms with Crippen molar-refractivity contribution in [3.05, 3.63) is 34.3 Å². The fraction of sp³-hybridized carbons (Fsp3) is 0.462. The molecule has 1 aliphatic heterocycles. The molecular weight excluding hydrogens is 346 g/mol. The summed E-state index contributed by atoms with van der Waals surface area (Å²) in [4.78, 5) is 11.2. The smallest absolute Gasteiger partial charge is 0.322 e. The average Bonchev–Trinajstić information content (AvgIpc) is 2.41. The number of hydrogen-bond donors (Lipinski definition) is 1. The predicted molar refractivity (Wildman–Crippen MR) is 78.7 cm³/mol. The van der Waals surface area contributed by atoms with E-state index in [0.717, 1.165) is 15.2 Å². The summed E-state index contributed by atoms with van der Waals surface area (Å²) in [5.74, 6) is -1.23. The van der Waals surface area contributed by atoms with Gasteiger partial charge in [0.1, 0.15) is 6.04 Å². The summed E-state index contributed by atoms with van der Waals surface area (Å²) in [6.45, 7) is 0.288. The molecule has 20 heavy (non-hydrogen) atoms. The molecule has 7 heteroatoms. The third-order valence-corrected chi connectivity index (χ3v) is 5.74. The van der Waals surface area contributed by atoms with Crippen LogP contribution in [-0.4, -0.2) is 36.4 Å². The quantitative estimate of drug-likeness (QED) is 0.891. The van der Waals surface area contributed by atoms with Gasteiger partial charge in [-0.05, 0) is 37.0 Å². The highest BCUT2D eigenvalue weighted by Gasteiger charge is 2.36. The van der Waals surface area contributed by atoms with Gasteiger partial charge in [0.05, 0.1) is 5.75 Å². The summed E-state index contributed by atoms with van der Waals surface area (Å²) >= 11 is 3.29. The van der Waals surface area contributed by atoms with Crippen LogP contribution in [0.5, 0.6) is 0 Å². The second kappa shape index (κ2) is 6.24. The van der Waals surface area contributed by atoms with Crippen molar-refractivity contribution < 1.29 is 18.3 Å². The lowest BCUT2D eigenvalue weighted by atomic mass is 10.1. The summed E-state index contributed by atoms with van der Waals surface area (Å²) in [6, 6.07) is 6.07. The molecule has 0 spiro atoms. The van der Waals surface area contributed by atoms with Crippen molar-refractivity contribution in [2.75, 3.05) is 6.54 Å². The molecule has 0 radical (unpaired) electrons. The summed E-state index contributed by atoms with van der Waals surface area (Å²) < 4.78 is 26.8. The molecule has 1 aliphatic rings. The van der Waals surface area contributed by atoms with E-state index in [4.69, 9.17) is 5.11 Å². The molecule has 0 saturated carbocycles. The molecule has 1 aromatic carbocycles. The first-order chi connectivity index (χ1) is 9.40. The van der Waals surface area contributed by atoms with Crippen molar-refractivity contribution >= 4 is 31.9 Å². The van der Waals surface area contributed by atoms with Crippen LogP contribution in [0, 0.1) is 0 Å². The van der Waals surface area contributed by atoms with Crippen molar-refractivity contribution in [3.8, 4) is 0 Å². The van der Waals surface area contributed by atoms with Gasteiger partial charge in [0.2, 0.25) is 10.0 Å². The Kier molecular flexibility index (Phi) is 4.82. The topological polar surface area (TPSA) is 74.7 Å². The highest BCUT2D eigenvalue weighted by Crippen LogP contribution is 2.23. The molecule has 0 amide bonds. The molecule has 1 unspecified atom stereocenters. The zero-order valence-electron chi connectivity index (χ0n) is 10.8. The number of carboxylic acid groups (broad SMARTS) is 1. The van der Waals surface area contributed by atoms with Gasteiger partial charge in [-0.15, -0.1) is 0 Å². The zero-order chi connectivity index (χ0) is 14.8. The van der Waals surface area contributed by atoms with Gasteiger partial charge in [-0.2, -0.15) is 4.31 Å². The first-order valence-corrected chi connectivity index (χ1v) is 8.77. The number of rotatable bonds is 4. The third kappa shape index (κ3) is 3.59. The van der Waals surface area contributed by atoms with E-state index in [9.17, 15) is 13.2 Å². The second-order valence-corrected chi connectivity index (χ2v) is 7.68. The molecule has 0 bridgehead atoms. The predicted octanol–water partition coefficient (Wildman–Crippen LogP) is 2.22. The van der Waals surface area contributed by atoms with Gasteiger partial charge in [0, 0.05) is 11.0 Å². The molecule has 0 aromatic heterocycles. The molecule has 5 nitrogen and oxygen atoms in total. The maximum atomic E-state index is 12.4. The number of benzene rings is 1. The summed E-state index contributed by atoms with van der Waals surface area (Å²) in [5.41, 5.74) is 0.655.